The first kappa shape index (κ1) is 25.1. The van der Waals surface area contributed by atoms with Crippen LogP contribution in [0.25, 0.3) is 0 Å². The first-order valence-corrected chi connectivity index (χ1v) is 13.2. The van der Waals surface area contributed by atoms with E-state index in [1.54, 1.807) is 24.3 Å². The second-order valence-corrected chi connectivity index (χ2v) is 10.5. The van der Waals surface area contributed by atoms with Crippen molar-refractivity contribution >= 4 is 21.7 Å². The van der Waals surface area contributed by atoms with Gasteiger partial charge in [-0.3, -0.25) is 9.59 Å². The Balaban J connectivity index is 1.54. The summed E-state index contributed by atoms with van der Waals surface area (Å²) in [5.74, 6) is -0.217. The maximum Gasteiger partial charge on any atom is 0.243 e. The van der Waals surface area contributed by atoms with Crippen molar-refractivity contribution in [1.29, 1.82) is 0 Å². The molecule has 3 rings (SSSR count). The predicted molar refractivity (Wildman–Crippen MR) is 130 cm³/mol. The number of aryl methyl sites for hydroxylation is 2. The van der Waals surface area contributed by atoms with Gasteiger partial charge in [-0.15, -0.1) is 0 Å². The summed E-state index contributed by atoms with van der Waals surface area (Å²) in [6.07, 6.45) is 4.74. The maximum atomic E-state index is 12.6. The fourth-order valence-corrected chi connectivity index (χ4v) is 5.77. The van der Waals surface area contributed by atoms with Crippen LogP contribution in [0, 0.1) is 0 Å². The first-order chi connectivity index (χ1) is 15.8. The number of Topliss-reactive ketones (excluding diaryl/α,β-unsaturated/α-hetero) is 1. The average Bonchev–Trinajstić information content (AvgIpc) is 2.82. The Bertz CT molecular complexity index is 1090. The molecule has 7 heteroatoms. The standard InChI is InChI=1S/C26H34N2O4S/c1-4-28(5-2)33(31,32)24-14-12-20(13-15-24)19(3)27-26(30)17-16-25(29)23-11-10-21-8-6-7-9-22(21)18-23/h10-15,18-19H,4-9,16-17H2,1-3H3,(H,27,30). The van der Waals surface area contributed by atoms with Crippen LogP contribution in [0.3, 0.4) is 0 Å². The SMILES string of the molecule is CCN(CC)S(=O)(=O)c1ccc(C(C)NC(=O)CCC(=O)c2ccc3c(c2)CCCC3)cc1. The van der Waals surface area contributed by atoms with Crippen molar-refractivity contribution in [3.63, 3.8) is 0 Å². The highest BCUT2D eigenvalue weighted by Crippen LogP contribution is 2.23. The minimum atomic E-state index is -3.51. The van der Waals surface area contributed by atoms with Crippen LogP contribution < -0.4 is 5.32 Å². The quantitative estimate of drug-likeness (QED) is 0.521. The second kappa shape index (κ2) is 11.1. The molecule has 2 aromatic rings. The Kier molecular flexibility index (Phi) is 8.43. The minimum absolute atomic E-state index is 0.0165. The lowest BCUT2D eigenvalue weighted by Gasteiger charge is -2.19. The van der Waals surface area contributed by atoms with Crippen molar-refractivity contribution in [1.82, 2.24) is 9.62 Å². The number of hydrogen-bond donors (Lipinski definition) is 1. The Hall–Kier alpha value is -2.51. The Morgan fingerprint density at radius 2 is 1.58 bits per heavy atom. The van der Waals surface area contributed by atoms with Crippen molar-refractivity contribution < 1.29 is 18.0 Å². The highest BCUT2D eigenvalue weighted by molar-refractivity contribution is 7.89. The lowest BCUT2D eigenvalue weighted by atomic mass is 9.89. The van der Waals surface area contributed by atoms with E-state index < -0.39 is 10.0 Å². The first-order valence-electron chi connectivity index (χ1n) is 11.8. The van der Waals surface area contributed by atoms with E-state index in [-0.39, 0.29) is 35.5 Å². The molecule has 2 aromatic carbocycles. The molecule has 0 bridgehead atoms. The van der Waals surface area contributed by atoms with Crippen molar-refractivity contribution in [3.8, 4) is 0 Å². The molecule has 0 spiro atoms. The third kappa shape index (κ3) is 6.09. The van der Waals surface area contributed by atoms with Crippen molar-refractivity contribution in [2.75, 3.05) is 13.1 Å². The van der Waals surface area contributed by atoms with Crippen molar-refractivity contribution in [2.24, 2.45) is 0 Å². The van der Waals surface area contributed by atoms with Gasteiger partial charge in [0.2, 0.25) is 15.9 Å². The molecule has 1 atom stereocenters. The summed E-state index contributed by atoms with van der Waals surface area (Å²) in [4.78, 5) is 25.2. The Morgan fingerprint density at radius 3 is 2.21 bits per heavy atom. The van der Waals surface area contributed by atoms with Gasteiger partial charge in [-0.2, -0.15) is 4.31 Å². The zero-order valence-electron chi connectivity index (χ0n) is 19.8. The van der Waals surface area contributed by atoms with Crippen LogP contribution in [0.1, 0.15) is 79.5 Å². The number of nitrogens with zero attached hydrogens (tertiary/aromatic N) is 1. The molecule has 1 amide bonds. The van der Waals surface area contributed by atoms with E-state index in [2.05, 4.69) is 5.32 Å². The molecule has 6 nitrogen and oxygen atoms in total. The molecule has 33 heavy (non-hydrogen) atoms. The molecule has 1 aliphatic rings. The lowest BCUT2D eigenvalue weighted by molar-refractivity contribution is -0.121. The van der Waals surface area contributed by atoms with E-state index >= 15 is 0 Å². The molecule has 0 heterocycles. The van der Waals surface area contributed by atoms with Crippen LogP contribution in [-0.2, 0) is 27.7 Å². The van der Waals surface area contributed by atoms with Gasteiger partial charge in [0.1, 0.15) is 0 Å². The summed E-state index contributed by atoms with van der Waals surface area (Å²) < 4.78 is 26.7. The number of sulfonamides is 1. The van der Waals surface area contributed by atoms with Crippen LogP contribution in [-0.4, -0.2) is 37.5 Å². The van der Waals surface area contributed by atoms with Gasteiger partial charge in [-0.1, -0.05) is 38.1 Å². The molecule has 1 aliphatic carbocycles. The van der Waals surface area contributed by atoms with E-state index in [1.165, 1.54) is 21.9 Å². The monoisotopic (exact) mass is 470 g/mol. The van der Waals surface area contributed by atoms with Gasteiger partial charge < -0.3 is 5.32 Å². The number of amides is 1. The Labute approximate surface area is 197 Å². The topological polar surface area (TPSA) is 83.6 Å². The van der Waals surface area contributed by atoms with Gasteiger partial charge in [0.25, 0.3) is 0 Å². The number of hydrogen-bond acceptors (Lipinski definition) is 4. The molecule has 178 valence electrons. The van der Waals surface area contributed by atoms with Gasteiger partial charge in [0.05, 0.1) is 10.9 Å². The lowest BCUT2D eigenvalue weighted by Crippen LogP contribution is -2.30. The number of ketones is 1. The van der Waals surface area contributed by atoms with E-state index in [1.807, 2.05) is 39.0 Å². The fourth-order valence-electron chi connectivity index (χ4n) is 4.32. The number of nitrogens with one attached hydrogen (secondary N) is 1. The molecule has 0 radical (unpaired) electrons. The summed E-state index contributed by atoms with van der Waals surface area (Å²) in [6, 6.07) is 12.2. The van der Waals surface area contributed by atoms with Crippen molar-refractivity contribution in [2.45, 2.75) is 70.2 Å². The number of carbonyl (C=O) groups excluding carboxylic acids is 2. The molecule has 1 unspecified atom stereocenters. The van der Waals surface area contributed by atoms with Crippen LogP contribution in [0.2, 0.25) is 0 Å². The van der Waals surface area contributed by atoms with Crippen LogP contribution in [0.15, 0.2) is 47.4 Å². The predicted octanol–water partition coefficient (Wildman–Crippen LogP) is 4.44. The third-order valence-corrected chi connectivity index (χ3v) is 8.41. The number of carbonyl (C=O) groups is 2. The summed E-state index contributed by atoms with van der Waals surface area (Å²) >= 11 is 0. The highest BCUT2D eigenvalue weighted by atomic mass is 32.2. The highest BCUT2D eigenvalue weighted by Gasteiger charge is 2.22. The molecule has 1 N–H and O–H groups in total. The molecule has 0 aliphatic heterocycles. The zero-order chi connectivity index (χ0) is 24.0. The van der Waals surface area contributed by atoms with E-state index in [0.29, 0.717) is 18.7 Å². The number of fused-ring (bicyclic) bond motifs is 1. The molecule has 0 fully saturated rings. The third-order valence-electron chi connectivity index (χ3n) is 6.35. The van der Waals surface area contributed by atoms with E-state index in [4.69, 9.17) is 0 Å². The fraction of sp³-hybridized carbons (Fsp3) is 0.462. The molecular formula is C26H34N2O4S. The second-order valence-electron chi connectivity index (χ2n) is 8.56. The van der Waals surface area contributed by atoms with E-state index in [0.717, 1.165) is 24.8 Å². The number of benzene rings is 2. The number of rotatable bonds is 10. The summed E-state index contributed by atoms with van der Waals surface area (Å²) in [6.45, 7) is 6.29. The van der Waals surface area contributed by atoms with Crippen LogP contribution in [0.5, 0.6) is 0 Å². The van der Waals surface area contributed by atoms with Gasteiger partial charge in [-0.25, -0.2) is 8.42 Å². The average molecular weight is 471 g/mol. The molecule has 0 saturated carbocycles. The Morgan fingerprint density at radius 1 is 0.939 bits per heavy atom. The van der Waals surface area contributed by atoms with Crippen LogP contribution >= 0.6 is 0 Å². The van der Waals surface area contributed by atoms with E-state index in [9.17, 15) is 18.0 Å². The molecular weight excluding hydrogens is 436 g/mol. The van der Waals surface area contributed by atoms with Crippen molar-refractivity contribution in [3.05, 3.63) is 64.7 Å². The largest absolute Gasteiger partial charge is 0.350 e. The molecule has 0 aromatic heterocycles. The summed E-state index contributed by atoms with van der Waals surface area (Å²) in [5, 5.41) is 2.91. The maximum absolute atomic E-state index is 12.6. The normalized spacial score (nSPS) is 14.5. The zero-order valence-corrected chi connectivity index (χ0v) is 20.6. The smallest absolute Gasteiger partial charge is 0.243 e. The van der Waals surface area contributed by atoms with Crippen LogP contribution in [0.4, 0.5) is 0 Å². The van der Waals surface area contributed by atoms with Gasteiger partial charge in [-0.05, 0) is 67.5 Å². The van der Waals surface area contributed by atoms with Gasteiger partial charge >= 0.3 is 0 Å². The summed E-state index contributed by atoms with van der Waals surface area (Å²) in [5.41, 5.74) is 4.08. The molecule has 0 saturated heterocycles. The van der Waals surface area contributed by atoms with Gasteiger partial charge in [0.15, 0.2) is 5.78 Å². The van der Waals surface area contributed by atoms with Gasteiger partial charge in [0, 0.05) is 31.5 Å². The summed E-state index contributed by atoms with van der Waals surface area (Å²) in [7, 11) is -3.51. The minimum Gasteiger partial charge on any atom is -0.350 e.